The number of rotatable bonds is 1. The Balaban J connectivity index is 3.72. The SMILES string of the molecule is C/C=c1/c(C#N)ccc(C)/c1=C/C=C\N. The minimum atomic E-state index is 0.694. The van der Waals surface area contributed by atoms with Crippen molar-refractivity contribution in [2.75, 3.05) is 0 Å². The van der Waals surface area contributed by atoms with E-state index in [1.54, 1.807) is 6.08 Å². The van der Waals surface area contributed by atoms with Gasteiger partial charge in [-0.3, -0.25) is 0 Å². The number of hydrogen-bond donors (Lipinski definition) is 1. The van der Waals surface area contributed by atoms with Gasteiger partial charge in [-0.1, -0.05) is 18.2 Å². The Labute approximate surface area is 89.6 Å². The second kappa shape index (κ2) is 5.02. The minimum Gasteiger partial charge on any atom is -0.405 e. The summed E-state index contributed by atoms with van der Waals surface area (Å²) in [5, 5.41) is 11.0. The second-order valence-electron chi connectivity index (χ2n) is 3.21. The number of benzene rings is 1. The van der Waals surface area contributed by atoms with Gasteiger partial charge in [0.1, 0.15) is 0 Å². The van der Waals surface area contributed by atoms with Gasteiger partial charge in [-0.25, -0.2) is 0 Å². The maximum atomic E-state index is 8.96. The number of allylic oxidation sites excluding steroid dienone is 1. The molecule has 15 heavy (non-hydrogen) atoms. The minimum absolute atomic E-state index is 0.694. The van der Waals surface area contributed by atoms with Gasteiger partial charge in [-0.05, 0) is 48.2 Å². The van der Waals surface area contributed by atoms with Crippen LogP contribution in [-0.2, 0) is 0 Å². The summed E-state index contributed by atoms with van der Waals surface area (Å²) in [4.78, 5) is 0. The van der Waals surface area contributed by atoms with Crippen molar-refractivity contribution in [3.63, 3.8) is 0 Å². The first kappa shape index (κ1) is 11.1. The van der Waals surface area contributed by atoms with E-state index in [0.29, 0.717) is 5.56 Å². The number of nitrogens with two attached hydrogens (primary N) is 1. The van der Waals surface area contributed by atoms with Crippen molar-refractivity contribution in [1.29, 1.82) is 5.26 Å². The fourth-order valence-corrected chi connectivity index (χ4v) is 1.53. The standard InChI is InChI=1S/C13H14N2/c1-3-12-11(9-15)7-6-10(2)13(12)5-4-8-14/h3-8H,14H2,1-2H3/b8-4-,12-3-,13-5-. The van der Waals surface area contributed by atoms with Crippen molar-refractivity contribution in [2.45, 2.75) is 13.8 Å². The van der Waals surface area contributed by atoms with Crippen LogP contribution in [0.4, 0.5) is 0 Å². The average Bonchev–Trinajstić information content (AvgIpc) is 2.27. The molecule has 0 fully saturated rings. The van der Waals surface area contributed by atoms with Crippen LogP contribution >= 0.6 is 0 Å². The zero-order valence-corrected chi connectivity index (χ0v) is 8.99. The first-order valence-electron chi connectivity index (χ1n) is 4.79. The molecule has 0 saturated carbocycles. The van der Waals surface area contributed by atoms with E-state index in [2.05, 4.69) is 6.07 Å². The zero-order chi connectivity index (χ0) is 11.3. The summed E-state index contributed by atoms with van der Waals surface area (Å²) in [6, 6.07) is 5.97. The van der Waals surface area contributed by atoms with Gasteiger partial charge in [-0.2, -0.15) is 5.26 Å². The molecule has 0 heterocycles. The highest BCUT2D eigenvalue weighted by molar-refractivity contribution is 5.47. The molecule has 0 aliphatic rings. The fraction of sp³-hybridized carbons (Fsp3) is 0.154. The van der Waals surface area contributed by atoms with Crippen LogP contribution in [0.3, 0.4) is 0 Å². The molecule has 0 spiro atoms. The van der Waals surface area contributed by atoms with Crippen molar-refractivity contribution in [2.24, 2.45) is 5.73 Å². The van der Waals surface area contributed by atoms with Gasteiger partial charge in [0.2, 0.25) is 0 Å². The van der Waals surface area contributed by atoms with E-state index in [-0.39, 0.29) is 0 Å². The Kier molecular flexibility index (Phi) is 3.70. The van der Waals surface area contributed by atoms with Gasteiger partial charge in [0.05, 0.1) is 11.6 Å². The summed E-state index contributed by atoms with van der Waals surface area (Å²) < 4.78 is 0. The molecule has 76 valence electrons. The lowest BCUT2D eigenvalue weighted by atomic mass is 10.1. The van der Waals surface area contributed by atoms with Crippen molar-refractivity contribution in [1.82, 2.24) is 0 Å². The lowest BCUT2D eigenvalue weighted by Crippen LogP contribution is -2.29. The van der Waals surface area contributed by atoms with Crippen LogP contribution in [-0.4, -0.2) is 0 Å². The Morgan fingerprint density at radius 2 is 2.07 bits per heavy atom. The van der Waals surface area contributed by atoms with Gasteiger partial charge in [0, 0.05) is 0 Å². The van der Waals surface area contributed by atoms with Crippen LogP contribution in [0.1, 0.15) is 18.1 Å². The molecule has 1 aromatic carbocycles. The summed E-state index contributed by atoms with van der Waals surface area (Å²) in [5.41, 5.74) is 7.13. The average molecular weight is 198 g/mol. The van der Waals surface area contributed by atoms with Gasteiger partial charge in [-0.15, -0.1) is 0 Å². The van der Waals surface area contributed by atoms with Crippen molar-refractivity contribution in [3.8, 4) is 6.07 Å². The number of hydrogen-bond acceptors (Lipinski definition) is 2. The summed E-state index contributed by atoms with van der Waals surface area (Å²) in [7, 11) is 0. The Hall–Kier alpha value is -2.01. The third-order valence-corrected chi connectivity index (χ3v) is 2.29. The monoisotopic (exact) mass is 198 g/mol. The molecule has 0 atom stereocenters. The van der Waals surface area contributed by atoms with Crippen LogP contribution in [0.25, 0.3) is 12.2 Å². The van der Waals surface area contributed by atoms with E-state index < -0.39 is 0 Å². The maximum Gasteiger partial charge on any atom is 0.0998 e. The maximum absolute atomic E-state index is 8.96. The quantitative estimate of drug-likeness (QED) is 0.729. The topological polar surface area (TPSA) is 49.8 Å². The molecule has 0 aromatic heterocycles. The Morgan fingerprint density at radius 1 is 1.33 bits per heavy atom. The van der Waals surface area contributed by atoms with Gasteiger partial charge >= 0.3 is 0 Å². The molecule has 0 aliphatic heterocycles. The molecule has 0 saturated heterocycles. The Morgan fingerprint density at radius 3 is 2.60 bits per heavy atom. The summed E-state index contributed by atoms with van der Waals surface area (Å²) >= 11 is 0. The smallest absolute Gasteiger partial charge is 0.0998 e. The fourth-order valence-electron chi connectivity index (χ4n) is 1.53. The number of nitrogens with zero attached hydrogens (tertiary/aromatic N) is 1. The normalized spacial score (nSPS) is 13.4. The van der Waals surface area contributed by atoms with E-state index in [1.807, 2.05) is 38.1 Å². The van der Waals surface area contributed by atoms with Crippen LogP contribution in [0, 0.1) is 18.3 Å². The summed E-state index contributed by atoms with van der Waals surface area (Å²) in [6.07, 6.45) is 7.13. The predicted octanol–water partition coefficient (Wildman–Crippen LogP) is 0.920. The Bertz CT molecular complexity index is 531. The molecule has 0 bridgehead atoms. The lowest BCUT2D eigenvalue weighted by Gasteiger charge is -1.98. The van der Waals surface area contributed by atoms with Crippen LogP contribution in [0.5, 0.6) is 0 Å². The van der Waals surface area contributed by atoms with Crippen LogP contribution in [0.2, 0.25) is 0 Å². The molecule has 2 nitrogen and oxygen atoms in total. The predicted molar refractivity (Wildman–Crippen MR) is 63.1 cm³/mol. The molecule has 0 unspecified atom stereocenters. The first-order chi connectivity index (χ1) is 7.24. The first-order valence-corrected chi connectivity index (χ1v) is 4.79. The largest absolute Gasteiger partial charge is 0.405 e. The number of aryl methyl sites for hydroxylation is 1. The van der Waals surface area contributed by atoms with E-state index in [1.165, 1.54) is 6.20 Å². The second-order valence-corrected chi connectivity index (χ2v) is 3.21. The molecule has 0 amide bonds. The van der Waals surface area contributed by atoms with Gasteiger partial charge < -0.3 is 5.73 Å². The van der Waals surface area contributed by atoms with Crippen molar-refractivity contribution in [3.05, 3.63) is 46.0 Å². The third-order valence-electron chi connectivity index (χ3n) is 2.29. The third kappa shape index (κ3) is 2.26. The van der Waals surface area contributed by atoms with Crippen LogP contribution < -0.4 is 16.2 Å². The molecule has 0 aliphatic carbocycles. The van der Waals surface area contributed by atoms with Gasteiger partial charge in [0.25, 0.3) is 0 Å². The molecule has 2 heteroatoms. The highest BCUT2D eigenvalue weighted by Crippen LogP contribution is 1.91. The van der Waals surface area contributed by atoms with Gasteiger partial charge in [0.15, 0.2) is 0 Å². The summed E-state index contributed by atoms with van der Waals surface area (Å²) in [6.45, 7) is 3.95. The van der Waals surface area contributed by atoms with Crippen molar-refractivity contribution < 1.29 is 0 Å². The van der Waals surface area contributed by atoms with E-state index >= 15 is 0 Å². The molecular formula is C13H14N2. The lowest BCUT2D eigenvalue weighted by molar-refractivity contribution is 1.33. The van der Waals surface area contributed by atoms with E-state index in [4.69, 9.17) is 11.0 Å². The molecular weight excluding hydrogens is 184 g/mol. The van der Waals surface area contributed by atoms with E-state index in [0.717, 1.165) is 16.0 Å². The van der Waals surface area contributed by atoms with E-state index in [9.17, 15) is 0 Å². The molecule has 1 aromatic rings. The molecule has 1 rings (SSSR count). The molecule has 0 radical (unpaired) electrons. The molecule has 2 N–H and O–H groups in total. The summed E-state index contributed by atoms with van der Waals surface area (Å²) in [5.74, 6) is 0. The highest BCUT2D eigenvalue weighted by Gasteiger charge is 1.96. The van der Waals surface area contributed by atoms with Crippen molar-refractivity contribution >= 4 is 12.2 Å². The highest BCUT2D eigenvalue weighted by atomic mass is 14.5. The zero-order valence-electron chi connectivity index (χ0n) is 8.99. The number of nitriles is 1. The van der Waals surface area contributed by atoms with Crippen LogP contribution in [0.15, 0.2) is 24.4 Å².